The summed E-state index contributed by atoms with van der Waals surface area (Å²) in [6, 6.07) is 0. The zero-order valence-corrected chi connectivity index (χ0v) is 9.70. The molecule has 0 saturated carbocycles. The molecule has 9 heteroatoms. The number of imidazole rings is 1. The van der Waals surface area contributed by atoms with E-state index >= 15 is 0 Å². The molecule has 2 rings (SSSR count). The predicted molar refractivity (Wildman–Crippen MR) is 72.0 cm³/mol. The number of nitrogens with zero attached hydrogens (tertiary/aromatic N) is 3. The van der Waals surface area contributed by atoms with Crippen LogP contribution in [0.1, 0.15) is 6.42 Å². The number of aryl methyl sites for hydroxylation is 1. The van der Waals surface area contributed by atoms with Crippen molar-refractivity contribution in [3.05, 3.63) is 16.7 Å². The molecule has 0 fully saturated rings. The summed E-state index contributed by atoms with van der Waals surface area (Å²) >= 11 is 0. The van der Waals surface area contributed by atoms with Crippen LogP contribution < -0.4 is 11.3 Å². The summed E-state index contributed by atoms with van der Waals surface area (Å²) < 4.78 is 1.68. The van der Waals surface area contributed by atoms with Crippen LogP contribution in [0, 0.1) is 5.92 Å². The van der Waals surface area contributed by atoms with Gasteiger partial charge in [-0.2, -0.15) is 4.98 Å². The van der Waals surface area contributed by atoms with E-state index < -0.39 is 0 Å². The zero-order valence-electron chi connectivity index (χ0n) is 9.70. The molecule has 0 amide bonds. The molecule has 0 aliphatic rings. The van der Waals surface area contributed by atoms with Crippen molar-refractivity contribution in [1.82, 2.24) is 19.5 Å². The van der Waals surface area contributed by atoms with Gasteiger partial charge >= 0.3 is 29.6 Å². The van der Waals surface area contributed by atoms with Gasteiger partial charge in [-0.15, -0.1) is 0 Å². The Balaban J connectivity index is 0.00000180. The number of H-pyrrole nitrogens is 1. The van der Waals surface area contributed by atoms with Gasteiger partial charge < -0.3 is 20.5 Å². The van der Waals surface area contributed by atoms with Crippen molar-refractivity contribution in [3.8, 4) is 0 Å². The predicted octanol–water partition coefficient (Wildman–Crippen LogP) is -1.96. The van der Waals surface area contributed by atoms with Crippen molar-refractivity contribution in [2.45, 2.75) is 13.0 Å². The van der Waals surface area contributed by atoms with Gasteiger partial charge in [0.1, 0.15) is 0 Å². The first-order chi connectivity index (χ1) is 8.65. The Morgan fingerprint density at radius 3 is 2.74 bits per heavy atom. The van der Waals surface area contributed by atoms with Gasteiger partial charge in [-0.25, -0.2) is 4.98 Å². The van der Waals surface area contributed by atoms with Gasteiger partial charge in [0.2, 0.25) is 5.95 Å². The van der Waals surface area contributed by atoms with Gasteiger partial charge in [0.05, 0.1) is 6.33 Å². The number of nitrogens with one attached hydrogen (secondary N) is 1. The van der Waals surface area contributed by atoms with Gasteiger partial charge in [0.15, 0.2) is 11.2 Å². The number of hydrogen-bond donors (Lipinski definition) is 4. The van der Waals surface area contributed by atoms with Crippen molar-refractivity contribution < 1.29 is 10.2 Å². The Morgan fingerprint density at radius 2 is 2.11 bits per heavy atom. The van der Waals surface area contributed by atoms with Gasteiger partial charge in [0, 0.05) is 25.7 Å². The van der Waals surface area contributed by atoms with Crippen LogP contribution in [0.5, 0.6) is 0 Å². The third kappa shape index (κ3) is 3.54. The number of hydrogen-bond acceptors (Lipinski definition) is 6. The Labute approximate surface area is 131 Å². The number of aromatic amines is 1. The summed E-state index contributed by atoms with van der Waals surface area (Å²) in [5.74, 6) is -0.156. The SMILES string of the molecule is Nc1nc2c(ncn2CCC(CO)CO)c(=O)[nH]1.[NaH]. The number of fused-ring (bicyclic) bond motifs is 1. The number of aromatic nitrogens is 4. The van der Waals surface area contributed by atoms with E-state index in [0.717, 1.165) is 0 Å². The first kappa shape index (κ1) is 16.1. The average Bonchev–Trinajstić information content (AvgIpc) is 2.74. The van der Waals surface area contributed by atoms with Crippen molar-refractivity contribution in [3.63, 3.8) is 0 Å². The molecule has 8 nitrogen and oxygen atoms in total. The maximum atomic E-state index is 11.5. The Hall–Kier alpha value is -0.930. The number of aliphatic hydroxyl groups is 2. The third-order valence-electron chi connectivity index (χ3n) is 2.79. The quantitative estimate of drug-likeness (QED) is 0.470. The standard InChI is InChI=1S/C10H15N5O3.Na.H/c11-10-13-8-7(9(18)14-10)12-5-15(8)2-1-6(3-16)4-17;;/h5-6,16-17H,1-4H2,(H3,11,13,14,18);;. The zero-order chi connectivity index (χ0) is 13.1. The molecular weight excluding hydrogens is 261 g/mol. The Morgan fingerprint density at radius 1 is 1.42 bits per heavy atom. The monoisotopic (exact) mass is 277 g/mol. The van der Waals surface area contributed by atoms with E-state index in [1.807, 2.05) is 0 Å². The first-order valence-corrected chi connectivity index (χ1v) is 5.58. The summed E-state index contributed by atoms with van der Waals surface area (Å²) in [6.45, 7) is 0.330. The fourth-order valence-corrected chi connectivity index (χ4v) is 1.70. The van der Waals surface area contributed by atoms with Crippen LogP contribution >= 0.6 is 0 Å². The van der Waals surface area contributed by atoms with Crippen molar-refractivity contribution in [2.24, 2.45) is 5.92 Å². The molecule has 0 aliphatic heterocycles. The molecular formula is C10H16N5NaO3. The van der Waals surface area contributed by atoms with E-state index in [1.54, 1.807) is 4.57 Å². The molecule has 2 aromatic heterocycles. The number of rotatable bonds is 5. The summed E-state index contributed by atoms with van der Waals surface area (Å²) in [5.41, 5.74) is 5.73. The first-order valence-electron chi connectivity index (χ1n) is 5.58. The molecule has 2 aromatic rings. The second-order valence-electron chi connectivity index (χ2n) is 4.08. The van der Waals surface area contributed by atoms with E-state index in [1.165, 1.54) is 6.33 Å². The molecule has 100 valence electrons. The summed E-state index contributed by atoms with van der Waals surface area (Å²) in [5, 5.41) is 18.0. The number of nitrogen functional groups attached to an aromatic ring is 1. The maximum absolute atomic E-state index is 11.5. The fraction of sp³-hybridized carbons (Fsp3) is 0.500. The van der Waals surface area contributed by atoms with Gasteiger partial charge in [0.25, 0.3) is 5.56 Å². The second-order valence-corrected chi connectivity index (χ2v) is 4.08. The Bertz CT molecular complexity index is 592. The third-order valence-corrected chi connectivity index (χ3v) is 2.79. The van der Waals surface area contributed by atoms with Crippen LogP contribution in [-0.4, -0.2) is 72.5 Å². The Kier molecular flexibility index (Phi) is 5.95. The van der Waals surface area contributed by atoms with E-state index in [9.17, 15) is 4.79 Å². The molecule has 0 aromatic carbocycles. The minimum atomic E-state index is -0.378. The van der Waals surface area contributed by atoms with Gasteiger partial charge in [-0.3, -0.25) is 9.78 Å². The summed E-state index contributed by atoms with van der Waals surface area (Å²) in [7, 11) is 0. The number of aliphatic hydroxyl groups excluding tert-OH is 2. The molecule has 0 atom stereocenters. The van der Waals surface area contributed by atoms with Crippen LogP contribution in [0.4, 0.5) is 5.95 Å². The van der Waals surface area contributed by atoms with E-state index in [0.29, 0.717) is 18.6 Å². The van der Waals surface area contributed by atoms with Crippen molar-refractivity contribution in [1.29, 1.82) is 0 Å². The fourth-order valence-electron chi connectivity index (χ4n) is 1.70. The normalized spacial score (nSPS) is 10.9. The number of nitrogens with two attached hydrogens (primary N) is 1. The van der Waals surface area contributed by atoms with E-state index in [-0.39, 0.29) is 65.7 Å². The van der Waals surface area contributed by atoms with Gasteiger partial charge in [-0.05, 0) is 6.42 Å². The average molecular weight is 277 g/mol. The van der Waals surface area contributed by atoms with Crippen LogP contribution in [-0.2, 0) is 6.54 Å². The molecule has 0 radical (unpaired) electrons. The van der Waals surface area contributed by atoms with Crippen LogP contribution in [0.2, 0.25) is 0 Å². The molecule has 0 saturated heterocycles. The summed E-state index contributed by atoms with van der Waals surface area (Å²) in [6.07, 6.45) is 2.06. The minimum absolute atomic E-state index is 0. The van der Waals surface area contributed by atoms with Crippen molar-refractivity contribution >= 4 is 46.7 Å². The van der Waals surface area contributed by atoms with Crippen LogP contribution in [0.15, 0.2) is 11.1 Å². The molecule has 0 spiro atoms. The summed E-state index contributed by atoms with van der Waals surface area (Å²) in [4.78, 5) is 21.9. The van der Waals surface area contributed by atoms with Crippen molar-refractivity contribution in [2.75, 3.05) is 18.9 Å². The van der Waals surface area contributed by atoms with E-state index in [2.05, 4.69) is 15.0 Å². The molecule has 2 heterocycles. The van der Waals surface area contributed by atoms with Gasteiger partial charge in [-0.1, -0.05) is 0 Å². The van der Waals surface area contributed by atoms with Crippen LogP contribution in [0.3, 0.4) is 0 Å². The molecule has 5 N–H and O–H groups in total. The topological polar surface area (TPSA) is 130 Å². The van der Waals surface area contributed by atoms with Crippen LogP contribution in [0.25, 0.3) is 11.2 Å². The molecule has 0 bridgehead atoms. The molecule has 0 unspecified atom stereocenters. The van der Waals surface area contributed by atoms with E-state index in [4.69, 9.17) is 15.9 Å². The molecule has 0 aliphatic carbocycles. The second kappa shape index (κ2) is 7.01. The molecule has 19 heavy (non-hydrogen) atoms. The number of anilines is 1.